The molecule has 3 rings (SSSR count). The van der Waals surface area contributed by atoms with Crippen LogP contribution in [0.1, 0.15) is 17.9 Å². The van der Waals surface area contributed by atoms with Gasteiger partial charge in [0.2, 0.25) is 0 Å². The van der Waals surface area contributed by atoms with Crippen LogP contribution in [-0.2, 0) is 0 Å². The lowest BCUT2D eigenvalue weighted by Crippen LogP contribution is -2.44. The molecule has 1 fully saturated rings. The number of rotatable bonds is 0. The highest BCUT2D eigenvalue weighted by Crippen LogP contribution is 2.42. The quantitative estimate of drug-likeness (QED) is 0.665. The summed E-state index contributed by atoms with van der Waals surface area (Å²) in [5.74, 6) is 0.762. The summed E-state index contributed by atoms with van der Waals surface area (Å²) in [4.78, 5) is 2.44. The molecular weight excluding hydrogens is 172 g/mol. The van der Waals surface area contributed by atoms with Crippen LogP contribution in [0.4, 0.5) is 5.69 Å². The van der Waals surface area contributed by atoms with E-state index in [4.69, 9.17) is 0 Å². The molecule has 2 unspecified atom stereocenters. The van der Waals surface area contributed by atoms with Gasteiger partial charge in [0.05, 0.1) is 0 Å². The van der Waals surface area contributed by atoms with E-state index in [0.29, 0.717) is 6.04 Å². The fraction of sp³-hybridized carbons (Fsp3) is 0.500. The number of nitrogens with zero attached hydrogens (tertiary/aromatic N) is 1. The van der Waals surface area contributed by atoms with Crippen molar-refractivity contribution in [2.75, 3.05) is 25.0 Å². The maximum absolute atomic E-state index is 3.48. The molecule has 1 aromatic carbocycles. The Bertz CT molecular complexity index is 348. The van der Waals surface area contributed by atoms with Gasteiger partial charge in [-0.1, -0.05) is 18.2 Å². The van der Waals surface area contributed by atoms with E-state index in [1.54, 1.807) is 5.56 Å². The van der Waals surface area contributed by atoms with Gasteiger partial charge in [0, 0.05) is 31.2 Å². The van der Waals surface area contributed by atoms with Crippen molar-refractivity contribution in [2.24, 2.45) is 0 Å². The summed E-state index contributed by atoms with van der Waals surface area (Å²) in [6.07, 6.45) is 1.28. The van der Waals surface area contributed by atoms with Crippen molar-refractivity contribution in [2.45, 2.75) is 18.4 Å². The van der Waals surface area contributed by atoms with Gasteiger partial charge in [0.25, 0.3) is 0 Å². The third-order valence-electron chi connectivity index (χ3n) is 3.66. The number of benzene rings is 1. The van der Waals surface area contributed by atoms with Crippen LogP contribution in [-0.4, -0.2) is 26.2 Å². The van der Waals surface area contributed by atoms with Crippen LogP contribution in [0.3, 0.4) is 0 Å². The minimum absolute atomic E-state index is 0.682. The molecule has 2 heteroatoms. The van der Waals surface area contributed by atoms with E-state index >= 15 is 0 Å². The lowest BCUT2D eigenvalue weighted by Gasteiger charge is -2.31. The van der Waals surface area contributed by atoms with E-state index < -0.39 is 0 Å². The molecule has 14 heavy (non-hydrogen) atoms. The second-order valence-corrected chi connectivity index (χ2v) is 4.34. The number of likely N-dealkylation sites (N-methyl/N-ethyl adjacent to an activating group) is 1. The summed E-state index contributed by atoms with van der Waals surface area (Å²) in [7, 11) is 2.22. The molecule has 2 atom stereocenters. The summed E-state index contributed by atoms with van der Waals surface area (Å²) in [5.41, 5.74) is 2.99. The Morgan fingerprint density at radius 3 is 3.14 bits per heavy atom. The zero-order chi connectivity index (χ0) is 9.54. The van der Waals surface area contributed by atoms with E-state index in [2.05, 4.69) is 41.5 Å². The van der Waals surface area contributed by atoms with Gasteiger partial charge >= 0.3 is 0 Å². The van der Waals surface area contributed by atoms with E-state index in [1.165, 1.54) is 18.7 Å². The minimum atomic E-state index is 0.682. The highest BCUT2D eigenvalue weighted by molar-refractivity contribution is 5.61. The van der Waals surface area contributed by atoms with Crippen molar-refractivity contribution >= 4 is 5.69 Å². The molecule has 0 saturated carbocycles. The highest BCUT2D eigenvalue weighted by Gasteiger charge is 2.37. The first-order valence-corrected chi connectivity index (χ1v) is 5.40. The smallest absolute Gasteiger partial charge is 0.0481 e. The Kier molecular flexibility index (Phi) is 1.77. The number of para-hydroxylation sites is 1. The first kappa shape index (κ1) is 8.30. The molecule has 0 spiro atoms. The highest BCUT2D eigenvalue weighted by atomic mass is 15.2. The first-order chi connectivity index (χ1) is 6.88. The Morgan fingerprint density at radius 1 is 1.36 bits per heavy atom. The summed E-state index contributed by atoms with van der Waals surface area (Å²) in [6, 6.07) is 9.52. The summed E-state index contributed by atoms with van der Waals surface area (Å²) < 4.78 is 0. The summed E-state index contributed by atoms with van der Waals surface area (Å²) >= 11 is 0. The minimum Gasteiger partial charge on any atom is -0.369 e. The Morgan fingerprint density at radius 2 is 2.21 bits per heavy atom. The van der Waals surface area contributed by atoms with Crippen molar-refractivity contribution in [3.05, 3.63) is 29.8 Å². The average Bonchev–Trinajstić information content (AvgIpc) is 2.55. The Balaban J connectivity index is 2.06. The van der Waals surface area contributed by atoms with Gasteiger partial charge in [-0.05, 0) is 24.6 Å². The second kappa shape index (κ2) is 2.99. The lowest BCUT2D eigenvalue weighted by atomic mass is 9.89. The summed E-state index contributed by atoms with van der Waals surface area (Å²) in [5, 5.41) is 3.48. The fourth-order valence-electron chi connectivity index (χ4n) is 2.91. The molecule has 1 aromatic rings. The molecule has 0 amide bonds. The molecule has 1 saturated heterocycles. The average molecular weight is 188 g/mol. The molecule has 74 valence electrons. The van der Waals surface area contributed by atoms with Crippen molar-refractivity contribution in [1.82, 2.24) is 5.32 Å². The van der Waals surface area contributed by atoms with Crippen molar-refractivity contribution in [3.63, 3.8) is 0 Å². The second-order valence-electron chi connectivity index (χ2n) is 4.34. The van der Waals surface area contributed by atoms with Crippen molar-refractivity contribution < 1.29 is 0 Å². The van der Waals surface area contributed by atoms with Gasteiger partial charge in [-0.2, -0.15) is 0 Å². The van der Waals surface area contributed by atoms with Gasteiger partial charge in [-0.3, -0.25) is 0 Å². The van der Waals surface area contributed by atoms with Crippen LogP contribution in [0.15, 0.2) is 24.3 Å². The number of nitrogens with one attached hydrogen (secondary N) is 1. The molecule has 0 aromatic heterocycles. The lowest BCUT2D eigenvalue weighted by molar-refractivity contribution is 0.413. The van der Waals surface area contributed by atoms with Crippen LogP contribution in [0.25, 0.3) is 0 Å². The van der Waals surface area contributed by atoms with Gasteiger partial charge in [0.1, 0.15) is 0 Å². The Labute approximate surface area is 84.9 Å². The molecule has 2 nitrogen and oxygen atoms in total. The molecule has 2 aliphatic heterocycles. The number of anilines is 1. The normalized spacial score (nSPS) is 29.9. The zero-order valence-corrected chi connectivity index (χ0v) is 8.53. The SMILES string of the molecule is CN1c2ccccc2C2CCNCC21. The maximum Gasteiger partial charge on any atom is 0.0481 e. The van der Waals surface area contributed by atoms with Crippen LogP contribution in [0, 0.1) is 0 Å². The molecule has 2 aliphatic rings. The number of hydrogen-bond acceptors (Lipinski definition) is 2. The van der Waals surface area contributed by atoms with Crippen LogP contribution < -0.4 is 10.2 Å². The van der Waals surface area contributed by atoms with E-state index in [9.17, 15) is 0 Å². The Hall–Kier alpha value is -1.02. The molecule has 0 bridgehead atoms. The van der Waals surface area contributed by atoms with Gasteiger partial charge in [-0.25, -0.2) is 0 Å². The number of piperidine rings is 1. The standard InChI is InChI=1S/C12H16N2/c1-14-11-5-3-2-4-9(11)10-6-7-13-8-12(10)14/h2-5,10,12-13H,6-8H2,1H3. The van der Waals surface area contributed by atoms with E-state index in [1.807, 2.05) is 0 Å². The largest absolute Gasteiger partial charge is 0.369 e. The van der Waals surface area contributed by atoms with Crippen molar-refractivity contribution in [3.8, 4) is 0 Å². The van der Waals surface area contributed by atoms with E-state index in [0.717, 1.165) is 12.5 Å². The zero-order valence-electron chi connectivity index (χ0n) is 8.53. The molecule has 0 aliphatic carbocycles. The monoisotopic (exact) mass is 188 g/mol. The van der Waals surface area contributed by atoms with Gasteiger partial charge in [0.15, 0.2) is 0 Å². The predicted molar refractivity (Wildman–Crippen MR) is 58.9 cm³/mol. The predicted octanol–water partition coefficient (Wildman–Crippen LogP) is 1.58. The summed E-state index contributed by atoms with van der Waals surface area (Å²) in [6.45, 7) is 2.30. The van der Waals surface area contributed by atoms with Crippen LogP contribution in [0.5, 0.6) is 0 Å². The van der Waals surface area contributed by atoms with Crippen LogP contribution in [0.2, 0.25) is 0 Å². The molecule has 1 N–H and O–H groups in total. The van der Waals surface area contributed by atoms with Gasteiger partial charge < -0.3 is 10.2 Å². The number of hydrogen-bond donors (Lipinski definition) is 1. The van der Waals surface area contributed by atoms with E-state index in [-0.39, 0.29) is 0 Å². The van der Waals surface area contributed by atoms with Crippen molar-refractivity contribution in [1.29, 1.82) is 0 Å². The van der Waals surface area contributed by atoms with Gasteiger partial charge in [-0.15, -0.1) is 0 Å². The fourth-order valence-corrected chi connectivity index (χ4v) is 2.91. The molecular formula is C12H16N2. The first-order valence-electron chi connectivity index (χ1n) is 5.40. The third kappa shape index (κ3) is 1.01. The molecule has 0 radical (unpaired) electrons. The maximum atomic E-state index is 3.48. The van der Waals surface area contributed by atoms with Crippen LogP contribution >= 0.6 is 0 Å². The number of fused-ring (bicyclic) bond motifs is 3. The third-order valence-corrected chi connectivity index (χ3v) is 3.66. The molecule has 2 heterocycles. The topological polar surface area (TPSA) is 15.3 Å².